The predicted octanol–water partition coefficient (Wildman–Crippen LogP) is 3.50. The lowest BCUT2D eigenvalue weighted by Crippen LogP contribution is -2.37. The summed E-state index contributed by atoms with van der Waals surface area (Å²) in [4.78, 5) is 25.4. The maximum atomic E-state index is 14.0. The number of nitrogens with zero attached hydrogens (tertiary/aromatic N) is 1. The van der Waals surface area contributed by atoms with Gasteiger partial charge in [0.1, 0.15) is 5.82 Å². The molecule has 2 aromatic carbocycles. The summed E-state index contributed by atoms with van der Waals surface area (Å²) < 4.78 is 14.0. The zero-order valence-electron chi connectivity index (χ0n) is 13.8. The van der Waals surface area contributed by atoms with Crippen molar-refractivity contribution in [3.8, 4) is 11.1 Å². The number of carbonyl (C=O) groups excluding carboxylic acids is 2. The topological polar surface area (TPSA) is 49.4 Å². The molecule has 3 rings (SSSR count). The largest absolute Gasteiger partial charge is 0.352 e. The van der Waals surface area contributed by atoms with Crippen molar-refractivity contribution in [2.45, 2.75) is 19.4 Å². The quantitative estimate of drug-likeness (QED) is 0.910. The zero-order chi connectivity index (χ0) is 18.0. The summed E-state index contributed by atoms with van der Waals surface area (Å²) in [6, 6.07) is 11.3. The Morgan fingerprint density at radius 3 is 2.56 bits per heavy atom. The predicted molar refractivity (Wildman–Crippen MR) is 95.0 cm³/mol. The summed E-state index contributed by atoms with van der Waals surface area (Å²) in [5, 5.41) is 3.18. The Morgan fingerprint density at radius 2 is 1.92 bits per heavy atom. The molecule has 0 aromatic heterocycles. The van der Waals surface area contributed by atoms with Crippen LogP contribution in [0.5, 0.6) is 0 Å². The van der Waals surface area contributed by atoms with Gasteiger partial charge >= 0.3 is 0 Å². The molecule has 0 aliphatic carbocycles. The Balaban J connectivity index is 1.72. The average molecular weight is 361 g/mol. The number of rotatable bonds is 3. The van der Waals surface area contributed by atoms with E-state index in [4.69, 9.17) is 11.6 Å². The number of amides is 2. The summed E-state index contributed by atoms with van der Waals surface area (Å²) in [7, 11) is 0. The van der Waals surface area contributed by atoms with Gasteiger partial charge in [-0.2, -0.15) is 0 Å². The van der Waals surface area contributed by atoms with Crippen LogP contribution in [0, 0.1) is 5.82 Å². The second-order valence-electron chi connectivity index (χ2n) is 6.14. The summed E-state index contributed by atoms with van der Waals surface area (Å²) >= 11 is 5.77. The Bertz CT molecular complexity index is 808. The fraction of sp³-hybridized carbons (Fsp3) is 0.263. The monoisotopic (exact) mass is 360 g/mol. The third kappa shape index (κ3) is 3.99. The van der Waals surface area contributed by atoms with E-state index in [2.05, 4.69) is 5.32 Å². The van der Waals surface area contributed by atoms with E-state index in [0.717, 1.165) is 6.42 Å². The van der Waals surface area contributed by atoms with Crippen molar-refractivity contribution in [1.29, 1.82) is 0 Å². The van der Waals surface area contributed by atoms with Crippen molar-refractivity contribution in [2.75, 3.05) is 13.1 Å². The van der Waals surface area contributed by atoms with Crippen LogP contribution in [0.25, 0.3) is 11.1 Å². The van der Waals surface area contributed by atoms with E-state index in [9.17, 15) is 14.0 Å². The van der Waals surface area contributed by atoms with Crippen molar-refractivity contribution in [2.24, 2.45) is 0 Å². The van der Waals surface area contributed by atoms with Crippen molar-refractivity contribution < 1.29 is 14.0 Å². The van der Waals surface area contributed by atoms with Crippen molar-refractivity contribution >= 4 is 23.4 Å². The van der Waals surface area contributed by atoms with Gasteiger partial charge in [0.2, 0.25) is 5.91 Å². The van der Waals surface area contributed by atoms with Crippen LogP contribution in [0.2, 0.25) is 5.02 Å². The molecule has 0 unspecified atom stereocenters. The highest BCUT2D eigenvalue weighted by Crippen LogP contribution is 2.26. The first kappa shape index (κ1) is 17.4. The second kappa shape index (κ2) is 7.23. The second-order valence-corrected chi connectivity index (χ2v) is 6.58. The van der Waals surface area contributed by atoms with E-state index in [1.807, 2.05) is 0 Å². The molecule has 1 N–H and O–H groups in total. The molecule has 1 saturated heterocycles. The van der Waals surface area contributed by atoms with Crippen molar-refractivity contribution in [3.63, 3.8) is 0 Å². The Morgan fingerprint density at radius 1 is 1.20 bits per heavy atom. The Labute approximate surface area is 150 Å². The smallest absolute Gasteiger partial charge is 0.253 e. The van der Waals surface area contributed by atoms with E-state index < -0.39 is 5.82 Å². The van der Waals surface area contributed by atoms with E-state index in [-0.39, 0.29) is 17.9 Å². The van der Waals surface area contributed by atoms with Crippen LogP contribution in [0.4, 0.5) is 4.39 Å². The molecule has 130 valence electrons. The minimum absolute atomic E-state index is 0.00360. The number of hydrogen-bond acceptors (Lipinski definition) is 2. The van der Waals surface area contributed by atoms with Crippen LogP contribution in [0.15, 0.2) is 42.5 Å². The average Bonchev–Trinajstić information content (AvgIpc) is 3.02. The fourth-order valence-electron chi connectivity index (χ4n) is 3.05. The van der Waals surface area contributed by atoms with Crippen LogP contribution in [0.1, 0.15) is 23.7 Å². The zero-order valence-corrected chi connectivity index (χ0v) is 14.5. The van der Waals surface area contributed by atoms with Gasteiger partial charge in [-0.15, -0.1) is 0 Å². The number of halogens is 2. The maximum Gasteiger partial charge on any atom is 0.253 e. The van der Waals surface area contributed by atoms with Crippen LogP contribution in [-0.2, 0) is 4.79 Å². The number of carbonyl (C=O) groups is 2. The Hall–Kier alpha value is -2.40. The van der Waals surface area contributed by atoms with Gasteiger partial charge < -0.3 is 10.2 Å². The van der Waals surface area contributed by atoms with Gasteiger partial charge in [-0.1, -0.05) is 23.7 Å². The highest BCUT2D eigenvalue weighted by Gasteiger charge is 2.27. The van der Waals surface area contributed by atoms with E-state index in [1.165, 1.54) is 13.0 Å². The Kier molecular flexibility index (Phi) is 5.04. The molecule has 1 fully saturated rings. The first-order valence-corrected chi connectivity index (χ1v) is 8.43. The van der Waals surface area contributed by atoms with E-state index in [1.54, 1.807) is 41.3 Å². The minimum Gasteiger partial charge on any atom is -0.352 e. The third-order valence-electron chi connectivity index (χ3n) is 4.26. The molecule has 0 radical (unpaired) electrons. The normalized spacial score (nSPS) is 16.8. The summed E-state index contributed by atoms with van der Waals surface area (Å²) in [6.07, 6.45) is 0.749. The lowest BCUT2D eigenvalue weighted by molar-refractivity contribution is -0.119. The third-order valence-corrected chi connectivity index (χ3v) is 4.49. The number of hydrogen-bond donors (Lipinski definition) is 1. The first-order chi connectivity index (χ1) is 11.9. The summed E-state index contributed by atoms with van der Waals surface area (Å²) in [5.74, 6) is -0.575. The summed E-state index contributed by atoms with van der Waals surface area (Å²) in [6.45, 7) is 2.59. The molecule has 2 aromatic rings. The first-order valence-electron chi connectivity index (χ1n) is 8.06. The van der Waals surface area contributed by atoms with Gasteiger partial charge in [0.25, 0.3) is 5.91 Å². The van der Waals surface area contributed by atoms with Gasteiger partial charge in [0.05, 0.1) is 0 Å². The lowest BCUT2D eigenvalue weighted by Gasteiger charge is -2.17. The molecule has 0 saturated carbocycles. The number of likely N-dealkylation sites (tertiary alicyclic amines) is 1. The molecule has 2 amide bonds. The van der Waals surface area contributed by atoms with Crippen LogP contribution < -0.4 is 5.32 Å². The molecule has 4 nitrogen and oxygen atoms in total. The van der Waals surface area contributed by atoms with Gasteiger partial charge in [0, 0.05) is 42.2 Å². The van der Waals surface area contributed by atoms with E-state index in [0.29, 0.717) is 34.8 Å². The molecule has 6 heteroatoms. The lowest BCUT2D eigenvalue weighted by atomic mass is 10.0. The molecule has 1 atom stereocenters. The molecular formula is C19H18ClFN2O2. The molecule has 25 heavy (non-hydrogen) atoms. The standard InChI is InChI=1S/C19H18ClFN2O2/c1-12(24)22-16-8-9-23(11-16)19(25)14-4-2-13(3-5-14)17-7-6-15(20)10-18(17)21/h2-7,10,16H,8-9,11H2,1H3,(H,22,24)/t16-/m1/s1. The molecule has 0 spiro atoms. The highest BCUT2D eigenvalue weighted by atomic mass is 35.5. The van der Waals surface area contributed by atoms with Crippen LogP contribution in [0.3, 0.4) is 0 Å². The van der Waals surface area contributed by atoms with Gasteiger partial charge in [-0.3, -0.25) is 9.59 Å². The van der Waals surface area contributed by atoms with Crippen molar-refractivity contribution in [1.82, 2.24) is 10.2 Å². The summed E-state index contributed by atoms with van der Waals surface area (Å²) in [5.41, 5.74) is 1.67. The van der Waals surface area contributed by atoms with Crippen LogP contribution >= 0.6 is 11.6 Å². The fourth-order valence-corrected chi connectivity index (χ4v) is 3.21. The molecule has 1 aliphatic rings. The SMILES string of the molecule is CC(=O)N[C@@H]1CCN(C(=O)c2ccc(-c3ccc(Cl)cc3F)cc2)C1. The molecule has 1 heterocycles. The molecule has 1 aliphatic heterocycles. The van der Waals surface area contributed by atoms with Gasteiger partial charge in [0.15, 0.2) is 0 Å². The molecular weight excluding hydrogens is 343 g/mol. The van der Waals surface area contributed by atoms with Crippen LogP contribution in [-0.4, -0.2) is 35.8 Å². The number of benzene rings is 2. The maximum absolute atomic E-state index is 14.0. The molecule has 0 bridgehead atoms. The number of nitrogens with one attached hydrogen (secondary N) is 1. The van der Waals surface area contributed by atoms with Crippen molar-refractivity contribution in [3.05, 3.63) is 58.9 Å². The van der Waals surface area contributed by atoms with Gasteiger partial charge in [-0.05, 0) is 42.3 Å². The minimum atomic E-state index is -0.399. The van der Waals surface area contributed by atoms with Gasteiger partial charge in [-0.25, -0.2) is 4.39 Å². The van der Waals surface area contributed by atoms with E-state index >= 15 is 0 Å². The highest BCUT2D eigenvalue weighted by molar-refractivity contribution is 6.30.